The Bertz CT molecular complexity index is 1030. The topological polar surface area (TPSA) is 64.2 Å². The Labute approximate surface area is 165 Å². The quantitative estimate of drug-likeness (QED) is 0.559. The summed E-state index contributed by atoms with van der Waals surface area (Å²) in [5.74, 6) is 1.47. The predicted molar refractivity (Wildman–Crippen MR) is 111 cm³/mol. The van der Waals surface area contributed by atoms with Crippen molar-refractivity contribution in [2.45, 2.75) is 33.7 Å². The van der Waals surface area contributed by atoms with Gasteiger partial charge in [0.2, 0.25) is 0 Å². The number of carbonyl (C=O) groups excluding carboxylic acids is 1. The molecule has 0 unspecified atom stereocenters. The van der Waals surface area contributed by atoms with Crippen LogP contribution in [0.4, 0.5) is 0 Å². The minimum absolute atomic E-state index is 0.102. The van der Waals surface area contributed by atoms with Gasteiger partial charge >= 0.3 is 0 Å². The molecule has 1 amide bonds. The SMILES string of the molecule is C=CCN(CC=C)C(=O)c1cc(-c2cc(C)oc2C)nc2c1cnn2C(C)C. The van der Waals surface area contributed by atoms with Crippen LogP contribution in [0.2, 0.25) is 0 Å². The molecule has 0 saturated carbocycles. The van der Waals surface area contributed by atoms with E-state index in [4.69, 9.17) is 9.40 Å². The van der Waals surface area contributed by atoms with Gasteiger partial charge in [0.05, 0.1) is 22.8 Å². The number of amides is 1. The lowest BCUT2D eigenvalue weighted by Crippen LogP contribution is -2.31. The number of nitrogens with zero attached hydrogens (tertiary/aromatic N) is 4. The van der Waals surface area contributed by atoms with E-state index in [1.807, 2.05) is 44.5 Å². The summed E-state index contributed by atoms with van der Waals surface area (Å²) in [6.07, 6.45) is 5.14. The van der Waals surface area contributed by atoms with E-state index < -0.39 is 0 Å². The molecule has 0 bridgehead atoms. The van der Waals surface area contributed by atoms with E-state index in [1.54, 1.807) is 23.2 Å². The average molecular weight is 378 g/mol. The van der Waals surface area contributed by atoms with Crippen molar-refractivity contribution in [3.05, 3.63) is 60.7 Å². The zero-order chi connectivity index (χ0) is 20.4. The van der Waals surface area contributed by atoms with Crippen LogP contribution in [0.3, 0.4) is 0 Å². The van der Waals surface area contributed by atoms with E-state index in [9.17, 15) is 4.79 Å². The highest BCUT2D eigenvalue weighted by atomic mass is 16.3. The van der Waals surface area contributed by atoms with Gasteiger partial charge in [0.15, 0.2) is 5.65 Å². The molecule has 0 saturated heterocycles. The van der Waals surface area contributed by atoms with Crippen LogP contribution in [0.15, 0.2) is 48.1 Å². The van der Waals surface area contributed by atoms with Crippen molar-refractivity contribution in [2.75, 3.05) is 13.1 Å². The molecular formula is C22H26N4O2. The molecule has 0 radical (unpaired) electrons. The number of aryl methyl sites for hydroxylation is 2. The average Bonchev–Trinajstić information content (AvgIpc) is 3.22. The first-order valence-electron chi connectivity index (χ1n) is 9.34. The van der Waals surface area contributed by atoms with E-state index in [-0.39, 0.29) is 11.9 Å². The van der Waals surface area contributed by atoms with Gasteiger partial charge in [0.1, 0.15) is 11.5 Å². The largest absolute Gasteiger partial charge is 0.466 e. The van der Waals surface area contributed by atoms with Gasteiger partial charge in [-0.3, -0.25) is 4.79 Å². The molecule has 0 fully saturated rings. The van der Waals surface area contributed by atoms with Crippen LogP contribution < -0.4 is 0 Å². The summed E-state index contributed by atoms with van der Waals surface area (Å²) in [6, 6.07) is 3.89. The number of rotatable bonds is 7. The molecule has 6 heteroatoms. The Hall–Kier alpha value is -3.15. The van der Waals surface area contributed by atoms with Crippen molar-refractivity contribution in [1.82, 2.24) is 19.7 Å². The molecule has 0 N–H and O–H groups in total. The molecule has 6 nitrogen and oxygen atoms in total. The first-order valence-corrected chi connectivity index (χ1v) is 9.34. The second-order valence-corrected chi connectivity index (χ2v) is 7.09. The van der Waals surface area contributed by atoms with E-state index >= 15 is 0 Å². The molecule has 0 atom stereocenters. The third kappa shape index (κ3) is 3.50. The van der Waals surface area contributed by atoms with Crippen LogP contribution in [0.25, 0.3) is 22.3 Å². The van der Waals surface area contributed by atoms with Crippen molar-refractivity contribution in [3.63, 3.8) is 0 Å². The van der Waals surface area contributed by atoms with Crippen LogP contribution in [0.1, 0.15) is 41.8 Å². The van der Waals surface area contributed by atoms with Crippen LogP contribution in [0, 0.1) is 13.8 Å². The summed E-state index contributed by atoms with van der Waals surface area (Å²) in [5, 5.41) is 5.21. The third-order valence-corrected chi connectivity index (χ3v) is 4.59. The van der Waals surface area contributed by atoms with Crippen molar-refractivity contribution < 1.29 is 9.21 Å². The lowest BCUT2D eigenvalue weighted by Gasteiger charge is -2.20. The van der Waals surface area contributed by atoms with Crippen LogP contribution in [-0.2, 0) is 0 Å². The summed E-state index contributed by atoms with van der Waals surface area (Å²) >= 11 is 0. The Morgan fingerprint density at radius 2 is 1.93 bits per heavy atom. The first-order chi connectivity index (χ1) is 13.4. The number of fused-ring (bicyclic) bond motifs is 1. The predicted octanol–water partition coefficient (Wildman–Crippen LogP) is 4.70. The molecular weight excluding hydrogens is 352 g/mol. The van der Waals surface area contributed by atoms with E-state index in [2.05, 4.69) is 18.3 Å². The Morgan fingerprint density at radius 1 is 1.25 bits per heavy atom. The fraction of sp³-hybridized carbons (Fsp3) is 0.318. The van der Waals surface area contributed by atoms with Gasteiger partial charge in [0, 0.05) is 24.7 Å². The number of aromatic nitrogens is 3. The van der Waals surface area contributed by atoms with Gasteiger partial charge < -0.3 is 9.32 Å². The molecule has 0 spiro atoms. The lowest BCUT2D eigenvalue weighted by molar-refractivity contribution is 0.0792. The zero-order valence-corrected chi connectivity index (χ0v) is 16.9. The summed E-state index contributed by atoms with van der Waals surface area (Å²) in [6.45, 7) is 16.3. The zero-order valence-electron chi connectivity index (χ0n) is 16.9. The first kappa shape index (κ1) is 19.6. The van der Waals surface area contributed by atoms with Crippen LogP contribution in [-0.4, -0.2) is 38.7 Å². The second kappa shape index (κ2) is 7.84. The van der Waals surface area contributed by atoms with Gasteiger partial charge in [-0.25, -0.2) is 9.67 Å². The molecule has 3 rings (SSSR count). The monoisotopic (exact) mass is 378 g/mol. The molecule has 3 aromatic rings. The summed E-state index contributed by atoms with van der Waals surface area (Å²) in [4.78, 5) is 19.9. The van der Waals surface area contributed by atoms with Gasteiger partial charge in [-0.2, -0.15) is 5.10 Å². The van der Waals surface area contributed by atoms with Gasteiger partial charge in [-0.15, -0.1) is 13.2 Å². The van der Waals surface area contributed by atoms with Crippen LogP contribution in [0.5, 0.6) is 0 Å². The highest BCUT2D eigenvalue weighted by Gasteiger charge is 2.22. The van der Waals surface area contributed by atoms with Gasteiger partial charge in [0.25, 0.3) is 5.91 Å². The lowest BCUT2D eigenvalue weighted by atomic mass is 10.1. The van der Waals surface area contributed by atoms with Gasteiger partial charge in [-0.05, 0) is 39.8 Å². The van der Waals surface area contributed by atoms with Crippen molar-refractivity contribution in [3.8, 4) is 11.3 Å². The summed E-state index contributed by atoms with van der Waals surface area (Å²) < 4.78 is 7.52. The maximum absolute atomic E-state index is 13.3. The normalized spacial score (nSPS) is 11.2. The standard InChI is InChI=1S/C22H26N4O2/c1-7-9-25(10-8-2)22(27)18-12-20(17-11-15(5)28-16(17)6)24-21-19(18)13-23-26(21)14(3)4/h7-8,11-14H,1-2,9-10H2,3-6H3. The van der Waals surface area contributed by atoms with E-state index in [1.165, 1.54) is 0 Å². The highest BCUT2D eigenvalue weighted by Crippen LogP contribution is 2.30. The van der Waals surface area contributed by atoms with Gasteiger partial charge in [-0.1, -0.05) is 12.2 Å². The van der Waals surface area contributed by atoms with Crippen LogP contribution >= 0.6 is 0 Å². The molecule has 0 aromatic carbocycles. The Balaban J connectivity index is 2.25. The summed E-state index contributed by atoms with van der Waals surface area (Å²) in [5.41, 5.74) is 2.83. The number of hydrogen-bond donors (Lipinski definition) is 0. The Kier molecular flexibility index (Phi) is 5.49. The molecule has 0 aliphatic carbocycles. The minimum atomic E-state index is -0.102. The van der Waals surface area contributed by atoms with Crippen molar-refractivity contribution in [2.24, 2.45) is 0 Å². The fourth-order valence-electron chi connectivity index (χ4n) is 3.32. The molecule has 3 heterocycles. The minimum Gasteiger partial charge on any atom is -0.466 e. The highest BCUT2D eigenvalue weighted by molar-refractivity contribution is 6.06. The molecule has 28 heavy (non-hydrogen) atoms. The number of pyridine rings is 1. The molecule has 146 valence electrons. The van der Waals surface area contributed by atoms with Crippen molar-refractivity contribution >= 4 is 16.9 Å². The number of furan rings is 1. The summed E-state index contributed by atoms with van der Waals surface area (Å²) in [7, 11) is 0. The molecule has 0 aliphatic rings. The number of hydrogen-bond acceptors (Lipinski definition) is 4. The smallest absolute Gasteiger partial charge is 0.255 e. The molecule has 3 aromatic heterocycles. The van der Waals surface area contributed by atoms with E-state index in [0.717, 1.165) is 22.5 Å². The Morgan fingerprint density at radius 3 is 2.46 bits per heavy atom. The maximum Gasteiger partial charge on any atom is 0.255 e. The third-order valence-electron chi connectivity index (χ3n) is 4.59. The van der Waals surface area contributed by atoms with Crippen molar-refractivity contribution in [1.29, 1.82) is 0 Å². The second-order valence-electron chi connectivity index (χ2n) is 7.09. The van der Waals surface area contributed by atoms with E-state index in [0.29, 0.717) is 30.0 Å². The molecule has 0 aliphatic heterocycles. The fourth-order valence-corrected chi connectivity index (χ4v) is 3.32. The number of carbonyl (C=O) groups is 1. The maximum atomic E-state index is 13.3.